The van der Waals surface area contributed by atoms with Crippen molar-refractivity contribution < 1.29 is 9.53 Å². The van der Waals surface area contributed by atoms with E-state index in [1.54, 1.807) is 0 Å². The fraction of sp³-hybridized carbons (Fsp3) is 0.818. The molecule has 0 fully saturated rings. The van der Waals surface area contributed by atoms with Crippen LogP contribution in [0.15, 0.2) is 0 Å². The van der Waals surface area contributed by atoms with E-state index in [1.807, 2.05) is 27.7 Å². The van der Waals surface area contributed by atoms with Gasteiger partial charge >= 0.3 is 5.97 Å². The van der Waals surface area contributed by atoms with Gasteiger partial charge in [0.15, 0.2) is 0 Å². The Morgan fingerprint density at radius 2 is 2.00 bits per heavy atom. The van der Waals surface area contributed by atoms with Crippen molar-refractivity contribution in [2.24, 2.45) is 17.3 Å². The van der Waals surface area contributed by atoms with Gasteiger partial charge in [0.25, 0.3) is 0 Å². The van der Waals surface area contributed by atoms with E-state index in [4.69, 9.17) is 5.26 Å². The number of hydrogen-bond acceptors (Lipinski definition) is 3. The summed E-state index contributed by atoms with van der Waals surface area (Å²) in [5.74, 6) is -0.413. The molecule has 0 saturated heterocycles. The van der Waals surface area contributed by atoms with Crippen LogP contribution < -0.4 is 0 Å². The lowest BCUT2D eigenvalue weighted by molar-refractivity contribution is -0.146. The van der Waals surface area contributed by atoms with Crippen LogP contribution in [0, 0.1) is 28.6 Å². The van der Waals surface area contributed by atoms with Crippen LogP contribution in [0.2, 0.25) is 0 Å². The van der Waals surface area contributed by atoms with Crippen LogP contribution in [0.25, 0.3) is 0 Å². The molecular formula is C11H19NO2. The highest BCUT2D eigenvalue weighted by Crippen LogP contribution is 2.33. The maximum Gasteiger partial charge on any atom is 0.308 e. The Kier molecular flexibility index (Phi) is 4.62. The molecule has 0 saturated carbocycles. The predicted molar refractivity (Wildman–Crippen MR) is 54.4 cm³/mol. The molecule has 0 bridgehead atoms. The third kappa shape index (κ3) is 3.37. The lowest BCUT2D eigenvalue weighted by atomic mass is 9.74. The van der Waals surface area contributed by atoms with Gasteiger partial charge in [-0.25, -0.2) is 0 Å². The molecule has 0 rings (SSSR count). The molecule has 14 heavy (non-hydrogen) atoms. The first-order valence-electron chi connectivity index (χ1n) is 4.82. The monoisotopic (exact) mass is 197 g/mol. The topological polar surface area (TPSA) is 50.1 Å². The Labute approximate surface area is 86.1 Å². The second-order valence-corrected chi connectivity index (χ2v) is 4.47. The van der Waals surface area contributed by atoms with Gasteiger partial charge in [-0.15, -0.1) is 0 Å². The summed E-state index contributed by atoms with van der Waals surface area (Å²) in [6.45, 7) is 7.71. The van der Waals surface area contributed by atoms with Crippen molar-refractivity contribution in [1.82, 2.24) is 0 Å². The molecule has 0 aromatic heterocycles. The molecule has 0 aliphatic rings. The minimum atomic E-state index is -0.205. The van der Waals surface area contributed by atoms with Gasteiger partial charge in [-0.3, -0.25) is 4.79 Å². The smallest absolute Gasteiger partial charge is 0.308 e. The Balaban J connectivity index is 4.37. The van der Waals surface area contributed by atoms with Crippen LogP contribution in [-0.4, -0.2) is 13.1 Å². The van der Waals surface area contributed by atoms with E-state index in [-0.39, 0.29) is 23.2 Å². The van der Waals surface area contributed by atoms with Crippen LogP contribution in [0.3, 0.4) is 0 Å². The molecule has 80 valence electrons. The molecule has 0 N–H and O–H groups in total. The molecule has 0 aromatic carbocycles. The maximum absolute atomic E-state index is 11.2. The van der Waals surface area contributed by atoms with Gasteiger partial charge in [0.2, 0.25) is 0 Å². The standard InChI is InChI=1S/C11H19NO2/c1-8(10(13)14-5)6-11(3,4)9(2)7-12/h8-9H,6H2,1-5H3. The molecule has 3 heteroatoms. The summed E-state index contributed by atoms with van der Waals surface area (Å²) < 4.78 is 4.65. The number of methoxy groups -OCH3 is 1. The fourth-order valence-corrected chi connectivity index (χ4v) is 1.43. The van der Waals surface area contributed by atoms with Crippen LogP contribution in [0.4, 0.5) is 0 Å². The van der Waals surface area contributed by atoms with E-state index in [2.05, 4.69) is 10.8 Å². The quantitative estimate of drug-likeness (QED) is 0.650. The van der Waals surface area contributed by atoms with Crippen molar-refractivity contribution in [3.63, 3.8) is 0 Å². The number of rotatable bonds is 4. The Morgan fingerprint density at radius 1 is 1.50 bits per heavy atom. The lowest BCUT2D eigenvalue weighted by Gasteiger charge is -2.29. The Hall–Kier alpha value is -1.04. The fourth-order valence-electron chi connectivity index (χ4n) is 1.43. The first-order valence-corrected chi connectivity index (χ1v) is 4.82. The third-order valence-electron chi connectivity index (χ3n) is 2.80. The normalized spacial score (nSPS) is 15.4. The molecule has 0 spiro atoms. The number of carbonyl (C=O) groups is 1. The molecule has 0 radical (unpaired) electrons. The zero-order valence-corrected chi connectivity index (χ0v) is 9.63. The van der Waals surface area contributed by atoms with Crippen molar-refractivity contribution in [3.05, 3.63) is 0 Å². The first kappa shape index (κ1) is 13.0. The molecule has 3 nitrogen and oxygen atoms in total. The van der Waals surface area contributed by atoms with Crippen LogP contribution in [0.5, 0.6) is 0 Å². The SMILES string of the molecule is COC(=O)C(C)CC(C)(C)C(C)C#N. The highest BCUT2D eigenvalue weighted by molar-refractivity contribution is 5.71. The molecule has 2 unspecified atom stereocenters. The Morgan fingerprint density at radius 3 is 2.36 bits per heavy atom. The van der Waals surface area contributed by atoms with Crippen molar-refractivity contribution in [3.8, 4) is 6.07 Å². The van der Waals surface area contributed by atoms with E-state index < -0.39 is 0 Å². The average Bonchev–Trinajstić information content (AvgIpc) is 2.14. The first-order chi connectivity index (χ1) is 6.35. The molecule has 2 atom stereocenters. The molecule has 0 aliphatic heterocycles. The number of carbonyl (C=O) groups excluding carboxylic acids is 1. The van der Waals surface area contributed by atoms with E-state index in [0.717, 1.165) is 0 Å². The van der Waals surface area contributed by atoms with E-state index in [9.17, 15) is 4.79 Å². The summed E-state index contributed by atoms with van der Waals surface area (Å²) in [6.07, 6.45) is 0.675. The molecule has 0 amide bonds. The van der Waals surface area contributed by atoms with Crippen molar-refractivity contribution in [2.45, 2.75) is 34.1 Å². The molecule has 0 aromatic rings. The second-order valence-electron chi connectivity index (χ2n) is 4.47. The summed E-state index contributed by atoms with van der Waals surface area (Å²) in [7, 11) is 1.39. The zero-order chi connectivity index (χ0) is 11.4. The van der Waals surface area contributed by atoms with Gasteiger partial charge in [0.05, 0.1) is 19.1 Å². The summed E-state index contributed by atoms with van der Waals surface area (Å²) >= 11 is 0. The largest absolute Gasteiger partial charge is 0.469 e. The van der Waals surface area contributed by atoms with Crippen molar-refractivity contribution in [1.29, 1.82) is 5.26 Å². The number of ether oxygens (including phenoxy) is 1. The van der Waals surface area contributed by atoms with Crippen molar-refractivity contribution in [2.75, 3.05) is 7.11 Å². The lowest BCUT2D eigenvalue weighted by Crippen LogP contribution is -2.26. The van der Waals surface area contributed by atoms with Gasteiger partial charge in [-0.1, -0.05) is 20.8 Å². The van der Waals surface area contributed by atoms with Crippen molar-refractivity contribution >= 4 is 5.97 Å². The third-order valence-corrected chi connectivity index (χ3v) is 2.80. The minimum absolute atomic E-state index is 0.0605. The summed E-state index contributed by atoms with van der Waals surface area (Å²) in [5.41, 5.74) is -0.150. The Bertz CT molecular complexity index is 240. The summed E-state index contributed by atoms with van der Waals surface area (Å²) in [5, 5.41) is 8.81. The van der Waals surface area contributed by atoms with E-state index >= 15 is 0 Å². The van der Waals surface area contributed by atoms with Crippen LogP contribution >= 0.6 is 0 Å². The zero-order valence-electron chi connectivity index (χ0n) is 9.63. The number of esters is 1. The highest BCUT2D eigenvalue weighted by atomic mass is 16.5. The summed E-state index contributed by atoms with van der Waals surface area (Å²) in [4.78, 5) is 11.2. The van der Waals surface area contributed by atoms with Gasteiger partial charge in [-0.2, -0.15) is 5.26 Å². The van der Waals surface area contributed by atoms with E-state index in [1.165, 1.54) is 7.11 Å². The summed E-state index contributed by atoms with van der Waals surface area (Å²) in [6, 6.07) is 2.22. The van der Waals surface area contributed by atoms with E-state index in [0.29, 0.717) is 6.42 Å². The van der Waals surface area contributed by atoms with Gasteiger partial charge in [0, 0.05) is 5.92 Å². The van der Waals surface area contributed by atoms with Gasteiger partial charge in [-0.05, 0) is 18.8 Å². The maximum atomic E-state index is 11.2. The van der Waals surface area contributed by atoms with Gasteiger partial charge < -0.3 is 4.74 Å². The number of nitriles is 1. The molecule has 0 aliphatic carbocycles. The van der Waals surface area contributed by atoms with Crippen LogP contribution in [0.1, 0.15) is 34.1 Å². The highest BCUT2D eigenvalue weighted by Gasteiger charge is 2.30. The van der Waals surface area contributed by atoms with Crippen LogP contribution in [-0.2, 0) is 9.53 Å². The molecular weight excluding hydrogens is 178 g/mol. The number of hydrogen-bond donors (Lipinski definition) is 0. The average molecular weight is 197 g/mol. The minimum Gasteiger partial charge on any atom is -0.469 e. The number of nitrogens with zero attached hydrogens (tertiary/aromatic N) is 1. The van der Waals surface area contributed by atoms with Gasteiger partial charge in [0.1, 0.15) is 0 Å². The predicted octanol–water partition coefficient (Wildman–Crippen LogP) is 2.37. The second kappa shape index (κ2) is 4.99. The molecule has 0 heterocycles.